The molecule has 1 fully saturated rings. The monoisotopic (exact) mass is 306 g/mol. The van der Waals surface area contributed by atoms with Gasteiger partial charge in [-0.3, -0.25) is 4.79 Å². The molecule has 1 aliphatic rings. The first-order valence-electron chi connectivity index (χ1n) is 6.62. The van der Waals surface area contributed by atoms with Crippen molar-refractivity contribution in [2.75, 3.05) is 25.1 Å². The summed E-state index contributed by atoms with van der Waals surface area (Å²) in [6.07, 6.45) is 2.61. The fraction of sp³-hybridized carbons (Fsp3) is 0.833. The van der Waals surface area contributed by atoms with E-state index < -0.39 is 21.8 Å². The molecule has 0 aromatic carbocycles. The summed E-state index contributed by atoms with van der Waals surface area (Å²) < 4.78 is 22.2. The van der Waals surface area contributed by atoms with Crippen molar-refractivity contribution in [3.05, 3.63) is 0 Å². The number of carboxylic acid groups (broad SMARTS) is 1. The Morgan fingerprint density at radius 1 is 1.45 bits per heavy atom. The Bertz CT molecular complexity index is 462. The maximum Gasteiger partial charge on any atom is 0.317 e. The van der Waals surface area contributed by atoms with E-state index in [1.165, 1.54) is 0 Å². The average Bonchev–Trinajstić information content (AvgIpc) is 2.71. The number of amides is 2. The van der Waals surface area contributed by atoms with Crippen LogP contribution in [-0.2, 0) is 14.6 Å². The lowest BCUT2D eigenvalue weighted by molar-refractivity contribution is -0.137. The van der Waals surface area contributed by atoms with Crippen LogP contribution >= 0.6 is 0 Å². The highest BCUT2D eigenvalue weighted by Crippen LogP contribution is 2.21. The predicted octanol–water partition coefficient (Wildman–Crippen LogP) is 0.316. The summed E-state index contributed by atoms with van der Waals surface area (Å²) in [6, 6.07) is -0.713. The van der Waals surface area contributed by atoms with Crippen LogP contribution in [0.1, 0.15) is 26.2 Å². The molecule has 0 saturated carbocycles. The zero-order valence-electron chi connectivity index (χ0n) is 11.8. The lowest BCUT2D eigenvalue weighted by Gasteiger charge is -2.20. The fourth-order valence-electron chi connectivity index (χ4n) is 2.38. The van der Waals surface area contributed by atoms with E-state index in [1.807, 2.05) is 0 Å². The van der Waals surface area contributed by atoms with Crippen molar-refractivity contribution in [2.45, 2.75) is 32.2 Å². The molecule has 1 saturated heterocycles. The van der Waals surface area contributed by atoms with Crippen LogP contribution < -0.4 is 5.32 Å². The highest BCUT2D eigenvalue weighted by molar-refractivity contribution is 7.90. The zero-order chi connectivity index (χ0) is 15.3. The average molecular weight is 306 g/mol. The van der Waals surface area contributed by atoms with Crippen LogP contribution in [0.4, 0.5) is 4.79 Å². The lowest BCUT2D eigenvalue weighted by Crippen LogP contribution is -2.45. The Labute approximate surface area is 119 Å². The minimum Gasteiger partial charge on any atom is -0.481 e. The third kappa shape index (κ3) is 6.23. The summed E-state index contributed by atoms with van der Waals surface area (Å²) in [5, 5.41) is 11.3. The first-order chi connectivity index (χ1) is 9.17. The van der Waals surface area contributed by atoms with Gasteiger partial charge in [-0.25, -0.2) is 13.2 Å². The Morgan fingerprint density at radius 3 is 2.65 bits per heavy atom. The summed E-state index contributed by atoms with van der Waals surface area (Å²) in [5.74, 6) is -0.702. The lowest BCUT2D eigenvalue weighted by atomic mass is 10.0. The second-order valence-corrected chi connectivity index (χ2v) is 7.66. The minimum absolute atomic E-state index is 0.0883. The molecular weight excluding hydrogens is 284 g/mol. The highest BCUT2D eigenvalue weighted by Gasteiger charge is 2.27. The Kier molecular flexibility index (Phi) is 5.79. The molecule has 8 heteroatoms. The first kappa shape index (κ1) is 16.7. The Hall–Kier alpha value is -1.31. The topological polar surface area (TPSA) is 104 Å². The number of carboxylic acids is 1. The summed E-state index contributed by atoms with van der Waals surface area (Å²) in [6.45, 7) is 2.77. The van der Waals surface area contributed by atoms with E-state index in [0.29, 0.717) is 19.5 Å². The Balaban J connectivity index is 2.36. The van der Waals surface area contributed by atoms with Crippen molar-refractivity contribution >= 4 is 21.8 Å². The van der Waals surface area contributed by atoms with Gasteiger partial charge in [-0.2, -0.15) is 0 Å². The second kappa shape index (κ2) is 6.92. The largest absolute Gasteiger partial charge is 0.481 e. The number of urea groups is 1. The molecule has 2 unspecified atom stereocenters. The number of carbonyl (C=O) groups excluding carboxylic acids is 1. The van der Waals surface area contributed by atoms with E-state index >= 15 is 0 Å². The quantitative estimate of drug-likeness (QED) is 0.735. The number of nitrogens with zero attached hydrogens (tertiary/aromatic N) is 1. The number of rotatable bonds is 6. The third-order valence-corrected chi connectivity index (χ3v) is 4.37. The number of carbonyl (C=O) groups is 2. The van der Waals surface area contributed by atoms with Crippen molar-refractivity contribution in [1.82, 2.24) is 10.2 Å². The van der Waals surface area contributed by atoms with Crippen LogP contribution in [0.3, 0.4) is 0 Å². The summed E-state index contributed by atoms with van der Waals surface area (Å²) >= 11 is 0. The Morgan fingerprint density at radius 2 is 2.10 bits per heavy atom. The van der Waals surface area contributed by atoms with Gasteiger partial charge in [0.2, 0.25) is 0 Å². The predicted molar refractivity (Wildman–Crippen MR) is 74.3 cm³/mol. The molecule has 1 rings (SSSR count). The first-order valence-corrected chi connectivity index (χ1v) is 8.68. The summed E-state index contributed by atoms with van der Waals surface area (Å²) in [4.78, 5) is 24.0. The van der Waals surface area contributed by atoms with Crippen LogP contribution in [0.5, 0.6) is 0 Å². The van der Waals surface area contributed by atoms with Gasteiger partial charge in [0.15, 0.2) is 0 Å². The molecule has 0 spiro atoms. The number of hydrogen-bond donors (Lipinski definition) is 2. The van der Waals surface area contributed by atoms with Gasteiger partial charge in [-0.05, 0) is 25.7 Å². The van der Waals surface area contributed by atoms with Gasteiger partial charge in [-0.15, -0.1) is 0 Å². The molecule has 2 amide bonds. The van der Waals surface area contributed by atoms with E-state index in [4.69, 9.17) is 5.11 Å². The van der Waals surface area contributed by atoms with Crippen molar-refractivity contribution in [1.29, 1.82) is 0 Å². The van der Waals surface area contributed by atoms with Crippen molar-refractivity contribution in [3.8, 4) is 0 Å². The van der Waals surface area contributed by atoms with Gasteiger partial charge in [0, 0.05) is 31.8 Å². The highest BCUT2D eigenvalue weighted by atomic mass is 32.2. The van der Waals surface area contributed by atoms with Gasteiger partial charge in [-0.1, -0.05) is 0 Å². The molecule has 0 aromatic heterocycles. The molecule has 1 aliphatic heterocycles. The summed E-state index contributed by atoms with van der Waals surface area (Å²) in [7, 11) is -3.12. The molecule has 1 heterocycles. The molecule has 7 nitrogen and oxygen atoms in total. The van der Waals surface area contributed by atoms with Crippen LogP contribution in [0.2, 0.25) is 0 Å². The minimum atomic E-state index is -3.12. The van der Waals surface area contributed by atoms with Gasteiger partial charge in [0.25, 0.3) is 0 Å². The number of aliphatic carboxylic acids is 1. The molecular formula is C12H22N2O5S. The van der Waals surface area contributed by atoms with Crippen molar-refractivity contribution in [3.63, 3.8) is 0 Å². The molecule has 2 atom stereocenters. The molecule has 20 heavy (non-hydrogen) atoms. The molecule has 0 radical (unpaired) electrons. The van der Waals surface area contributed by atoms with E-state index in [0.717, 1.165) is 12.7 Å². The van der Waals surface area contributed by atoms with Gasteiger partial charge >= 0.3 is 12.0 Å². The van der Waals surface area contributed by atoms with E-state index in [-0.39, 0.29) is 24.1 Å². The van der Waals surface area contributed by atoms with Crippen LogP contribution in [0.25, 0.3) is 0 Å². The third-order valence-electron chi connectivity index (χ3n) is 3.26. The normalized spacial score (nSPS) is 20.7. The van der Waals surface area contributed by atoms with Gasteiger partial charge in [0.05, 0.1) is 5.75 Å². The number of hydrogen-bond acceptors (Lipinski definition) is 4. The smallest absolute Gasteiger partial charge is 0.317 e. The standard InChI is InChI=1S/C12H22N2O5S/c1-9(8-20(2,18)19)13-12(17)14-6-5-10(7-14)3-4-11(15)16/h9-10H,3-8H2,1-2H3,(H,13,17)(H,15,16). The number of nitrogens with one attached hydrogen (secondary N) is 1. The number of sulfone groups is 1. The van der Waals surface area contributed by atoms with Crippen LogP contribution in [0.15, 0.2) is 0 Å². The van der Waals surface area contributed by atoms with Gasteiger partial charge in [0.1, 0.15) is 9.84 Å². The summed E-state index contributed by atoms with van der Waals surface area (Å²) in [5.41, 5.74) is 0. The maximum absolute atomic E-state index is 11.9. The van der Waals surface area contributed by atoms with Crippen LogP contribution in [-0.4, -0.2) is 61.6 Å². The van der Waals surface area contributed by atoms with Gasteiger partial charge < -0.3 is 15.3 Å². The molecule has 0 aliphatic carbocycles. The van der Waals surface area contributed by atoms with E-state index in [9.17, 15) is 18.0 Å². The fourth-order valence-corrected chi connectivity index (χ4v) is 3.37. The molecule has 2 N–H and O–H groups in total. The van der Waals surface area contributed by atoms with E-state index in [1.54, 1.807) is 11.8 Å². The van der Waals surface area contributed by atoms with Crippen LogP contribution in [0, 0.1) is 5.92 Å². The second-order valence-electron chi connectivity index (χ2n) is 5.48. The van der Waals surface area contributed by atoms with E-state index in [2.05, 4.69) is 5.32 Å². The van der Waals surface area contributed by atoms with Crippen molar-refractivity contribution < 1.29 is 23.1 Å². The molecule has 0 bridgehead atoms. The van der Waals surface area contributed by atoms with Crippen molar-refractivity contribution in [2.24, 2.45) is 5.92 Å². The molecule has 0 aromatic rings. The SMILES string of the molecule is CC(CS(C)(=O)=O)NC(=O)N1CCC(CCC(=O)O)C1. The zero-order valence-corrected chi connectivity index (χ0v) is 12.6. The number of likely N-dealkylation sites (tertiary alicyclic amines) is 1. The molecule has 116 valence electrons. The maximum atomic E-state index is 11.9.